The van der Waals surface area contributed by atoms with E-state index in [0.717, 1.165) is 38.5 Å². The largest absolute Gasteiger partial charge is 0.466 e. The average Bonchev–Trinajstić information content (AvgIpc) is 3.35. The van der Waals surface area contributed by atoms with Crippen LogP contribution in [0.5, 0.6) is 0 Å². The molecule has 0 spiro atoms. The molecule has 0 fully saturated rings. The number of unbranched alkanes of at least 4 members (excludes halogenated alkanes) is 48. The molecule has 6 nitrogen and oxygen atoms in total. The third-order valence-electron chi connectivity index (χ3n) is 14.8. The van der Waals surface area contributed by atoms with Crippen molar-refractivity contribution in [1.29, 1.82) is 0 Å². The van der Waals surface area contributed by atoms with Gasteiger partial charge in [0.05, 0.1) is 25.4 Å². The normalized spacial score (nSPS) is 12.6. The van der Waals surface area contributed by atoms with Gasteiger partial charge in [0, 0.05) is 12.8 Å². The number of esters is 1. The fraction of sp³-hybridized carbons (Fsp3) is 0.937. The minimum Gasteiger partial charge on any atom is -0.466 e. The summed E-state index contributed by atoms with van der Waals surface area (Å²) in [6.07, 6.45) is 71.4. The van der Waals surface area contributed by atoms with Gasteiger partial charge in [0.25, 0.3) is 0 Å². The molecule has 0 aliphatic carbocycles. The van der Waals surface area contributed by atoms with Crippen LogP contribution in [0.15, 0.2) is 12.2 Å². The maximum Gasteiger partial charge on any atom is 0.305 e. The van der Waals surface area contributed by atoms with Crippen LogP contribution in [0.3, 0.4) is 0 Å². The zero-order valence-electron chi connectivity index (χ0n) is 46.8. The molecule has 0 saturated carbocycles. The van der Waals surface area contributed by atoms with E-state index in [4.69, 9.17) is 4.74 Å². The Morgan fingerprint density at radius 2 is 0.667 bits per heavy atom. The summed E-state index contributed by atoms with van der Waals surface area (Å²) in [5.74, 6) is -0.0436. The van der Waals surface area contributed by atoms with E-state index < -0.39 is 12.1 Å². The molecule has 1 amide bonds. The average molecular weight is 975 g/mol. The van der Waals surface area contributed by atoms with Gasteiger partial charge in [-0.15, -0.1) is 0 Å². The summed E-state index contributed by atoms with van der Waals surface area (Å²) in [5, 5.41) is 23.0. The summed E-state index contributed by atoms with van der Waals surface area (Å²) in [6.45, 7) is 4.90. The Kier molecular flexibility index (Phi) is 58.0. The van der Waals surface area contributed by atoms with Crippen LogP contribution < -0.4 is 5.32 Å². The van der Waals surface area contributed by atoms with Crippen LogP contribution in [-0.2, 0) is 14.3 Å². The predicted octanol–water partition coefficient (Wildman–Crippen LogP) is 19.6. The predicted molar refractivity (Wildman–Crippen MR) is 301 cm³/mol. The summed E-state index contributed by atoms with van der Waals surface area (Å²) in [7, 11) is 0. The molecule has 410 valence electrons. The summed E-state index contributed by atoms with van der Waals surface area (Å²) in [4.78, 5) is 24.4. The number of aliphatic hydroxyl groups excluding tert-OH is 2. The molecule has 0 aliphatic rings. The number of carbonyl (C=O) groups is 2. The lowest BCUT2D eigenvalue weighted by atomic mass is 10.0. The number of nitrogens with one attached hydrogen (secondary N) is 1. The van der Waals surface area contributed by atoms with Crippen LogP contribution in [0.4, 0.5) is 0 Å². The Bertz CT molecular complexity index is 1030. The van der Waals surface area contributed by atoms with E-state index in [-0.39, 0.29) is 18.5 Å². The van der Waals surface area contributed by atoms with Crippen molar-refractivity contribution in [3.8, 4) is 0 Å². The lowest BCUT2D eigenvalue weighted by Gasteiger charge is -2.20. The highest BCUT2D eigenvalue weighted by Crippen LogP contribution is 2.18. The fourth-order valence-electron chi connectivity index (χ4n) is 9.99. The highest BCUT2D eigenvalue weighted by molar-refractivity contribution is 5.76. The molecule has 0 radical (unpaired) electrons. The Morgan fingerprint density at radius 3 is 0.986 bits per heavy atom. The molecule has 0 bridgehead atoms. The van der Waals surface area contributed by atoms with Gasteiger partial charge in [-0.3, -0.25) is 9.59 Å². The second-order valence-corrected chi connectivity index (χ2v) is 21.8. The minimum atomic E-state index is -0.838. The van der Waals surface area contributed by atoms with Crippen LogP contribution in [0.25, 0.3) is 0 Å². The topological polar surface area (TPSA) is 95.9 Å². The molecular formula is C63H123NO5. The van der Waals surface area contributed by atoms with E-state index in [1.54, 1.807) is 6.08 Å². The molecule has 0 heterocycles. The molecular weight excluding hydrogens is 851 g/mol. The number of ether oxygens (including phenoxy) is 1. The van der Waals surface area contributed by atoms with Crippen LogP contribution >= 0.6 is 0 Å². The van der Waals surface area contributed by atoms with Crippen molar-refractivity contribution < 1.29 is 24.5 Å². The Labute approximate surface area is 431 Å². The van der Waals surface area contributed by atoms with Crippen molar-refractivity contribution in [3.63, 3.8) is 0 Å². The maximum absolute atomic E-state index is 12.4. The SMILES string of the molecule is CCCCCCCCC/C=C/C(O)C(CO)NC(=O)CCCCCCCCCCCCCCCCCCCCCCCCCCCCCCCCCOC(=O)CCCCCCCCCCCCCC. The van der Waals surface area contributed by atoms with Gasteiger partial charge in [-0.1, -0.05) is 321 Å². The first-order valence-electron chi connectivity index (χ1n) is 31.5. The number of carbonyl (C=O) groups excluding carboxylic acids is 2. The molecule has 0 saturated heterocycles. The van der Waals surface area contributed by atoms with E-state index in [0.29, 0.717) is 19.4 Å². The molecule has 0 aromatic rings. The summed E-state index contributed by atoms with van der Waals surface area (Å²) in [5.41, 5.74) is 0. The van der Waals surface area contributed by atoms with E-state index >= 15 is 0 Å². The Hall–Kier alpha value is -1.40. The first kappa shape index (κ1) is 67.6. The van der Waals surface area contributed by atoms with Crippen LogP contribution in [0.2, 0.25) is 0 Å². The quantitative estimate of drug-likeness (QED) is 0.0321. The first-order chi connectivity index (χ1) is 34.0. The molecule has 0 aromatic carbocycles. The van der Waals surface area contributed by atoms with Gasteiger partial charge >= 0.3 is 5.97 Å². The fourth-order valence-corrected chi connectivity index (χ4v) is 9.99. The van der Waals surface area contributed by atoms with Crippen molar-refractivity contribution in [2.45, 2.75) is 366 Å². The van der Waals surface area contributed by atoms with Crippen LogP contribution in [0.1, 0.15) is 354 Å². The number of aliphatic hydroxyl groups is 2. The second-order valence-electron chi connectivity index (χ2n) is 21.8. The molecule has 2 unspecified atom stereocenters. The van der Waals surface area contributed by atoms with Gasteiger partial charge in [-0.2, -0.15) is 0 Å². The van der Waals surface area contributed by atoms with Gasteiger partial charge in [0.2, 0.25) is 5.91 Å². The van der Waals surface area contributed by atoms with Gasteiger partial charge in [0.1, 0.15) is 0 Å². The zero-order valence-corrected chi connectivity index (χ0v) is 46.8. The molecule has 6 heteroatoms. The van der Waals surface area contributed by atoms with Gasteiger partial charge < -0.3 is 20.3 Å². The van der Waals surface area contributed by atoms with Gasteiger partial charge in [-0.05, 0) is 32.1 Å². The summed E-state index contributed by atoms with van der Waals surface area (Å²) in [6, 6.07) is -0.621. The maximum atomic E-state index is 12.4. The standard InChI is InChI=1S/C63H123NO5/c1-3-5-7-9-11-13-14-37-41-45-49-53-57-63(68)69-58-54-50-46-42-38-35-33-31-29-27-25-23-21-19-17-15-16-18-20-22-24-26-28-30-32-34-36-40-44-48-52-56-62(67)64-60(59-65)61(66)55-51-47-43-39-12-10-8-6-4-2/h51,55,60-61,65-66H,3-50,52-54,56-59H2,1-2H3,(H,64,67)/b55-51+. The van der Waals surface area contributed by atoms with Gasteiger partial charge in [-0.25, -0.2) is 0 Å². The minimum absolute atomic E-state index is 0.0214. The van der Waals surface area contributed by atoms with Crippen molar-refractivity contribution in [2.75, 3.05) is 13.2 Å². The molecule has 3 N–H and O–H groups in total. The number of rotatable bonds is 59. The van der Waals surface area contributed by atoms with E-state index in [1.165, 1.54) is 289 Å². The van der Waals surface area contributed by atoms with Crippen molar-refractivity contribution in [2.24, 2.45) is 0 Å². The molecule has 2 atom stereocenters. The summed E-state index contributed by atoms with van der Waals surface area (Å²) < 4.78 is 5.48. The van der Waals surface area contributed by atoms with Crippen LogP contribution in [-0.4, -0.2) is 47.4 Å². The lowest BCUT2D eigenvalue weighted by Crippen LogP contribution is -2.45. The van der Waals surface area contributed by atoms with Crippen molar-refractivity contribution >= 4 is 11.9 Å². The zero-order chi connectivity index (χ0) is 50.0. The third-order valence-corrected chi connectivity index (χ3v) is 14.8. The number of allylic oxidation sites excluding steroid dienone is 1. The third kappa shape index (κ3) is 55.8. The molecule has 0 aliphatic heterocycles. The number of hydrogen-bond donors (Lipinski definition) is 3. The molecule has 69 heavy (non-hydrogen) atoms. The molecule has 0 aromatic heterocycles. The lowest BCUT2D eigenvalue weighted by molar-refractivity contribution is -0.143. The Morgan fingerprint density at radius 1 is 0.391 bits per heavy atom. The molecule has 0 rings (SSSR count). The smallest absolute Gasteiger partial charge is 0.305 e. The highest BCUT2D eigenvalue weighted by atomic mass is 16.5. The number of amides is 1. The first-order valence-corrected chi connectivity index (χ1v) is 31.5. The monoisotopic (exact) mass is 974 g/mol. The van der Waals surface area contributed by atoms with Crippen LogP contribution in [0, 0.1) is 0 Å². The van der Waals surface area contributed by atoms with E-state index in [2.05, 4.69) is 19.2 Å². The summed E-state index contributed by atoms with van der Waals surface area (Å²) >= 11 is 0. The van der Waals surface area contributed by atoms with Crippen molar-refractivity contribution in [3.05, 3.63) is 12.2 Å². The number of hydrogen-bond acceptors (Lipinski definition) is 5. The van der Waals surface area contributed by atoms with E-state index in [1.807, 2.05) is 6.08 Å². The Balaban J connectivity index is 3.29. The highest BCUT2D eigenvalue weighted by Gasteiger charge is 2.18. The van der Waals surface area contributed by atoms with Crippen molar-refractivity contribution in [1.82, 2.24) is 5.32 Å². The van der Waals surface area contributed by atoms with E-state index in [9.17, 15) is 19.8 Å². The van der Waals surface area contributed by atoms with Gasteiger partial charge in [0.15, 0.2) is 0 Å². The second kappa shape index (κ2) is 59.2.